The van der Waals surface area contributed by atoms with E-state index in [0.29, 0.717) is 12.3 Å². The molecule has 0 spiro atoms. The molecule has 0 bridgehead atoms. The van der Waals surface area contributed by atoms with Crippen molar-refractivity contribution in [1.29, 1.82) is 0 Å². The lowest BCUT2D eigenvalue weighted by Crippen LogP contribution is -1.99. The first-order chi connectivity index (χ1) is 8.11. The van der Waals surface area contributed by atoms with E-state index < -0.39 is 0 Å². The third-order valence-electron chi connectivity index (χ3n) is 2.43. The second kappa shape index (κ2) is 6.91. The van der Waals surface area contributed by atoms with Gasteiger partial charge in [0.25, 0.3) is 0 Å². The molecule has 0 saturated carbocycles. The van der Waals surface area contributed by atoms with Gasteiger partial charge in [-0.25, -0.2) is 0 Å². The van der Waals surface area contributed by atoms with Crippen LogP contribution in [0.15, 0.2) is 24.3 Å². The third-order valence-corrected chi connectivity index (χ3v) is 2.43. The Balaban J connectivity index is 2.63. The highest BCUT2D eigenvalue weighted by Crippen LogP contribution is 2.06. The van der Waals surface area contributed by atoms with E-state index in [-0.39, 0.29) is 5.78 Å². The van der Waals surface area contributed by atoms with Gasteiger partial charge >= 0.3 is 0 Å². The van der Waals surface area contributed by atoms with Crippen LogP contribution in [0.3, 0.4) is 0 Å². The van der Waals surface area contributed by atoms with Gasteiger partial charge in [0, 0.05) is 12.0 Å². The van der Waals surface area contributed by atoms with Gasteiger partial charge in [0.2, 0.25) is 5.78 Å². The first kappa shape index (κ1) is 13.5. The summed E-state index contributed by atoms with van der Waals surface area (Å²) in [5.74, 6) is 6.02. The van der Waals surface area contributed by atoms with Crippen molar-refractivity contribution in [2.24, 2.45) is 5.92 Å². The topological polar surface area (TPSA) is 17.1 Å². The molecule has 0 radical (unpaired) electrons. The molecule has 0 N–H and O–H groups in total. The largest absolute Gasteiger partial charge is 0.285 e. The number of hydrogen-bond donors (Lipinski definition) is 0. The molecule has 0 aliphatic heterocycles. The Bertz CT molecular complexity index is 415. The number of aryl methyl sites for hydroxylation is 1. The zero-order valence-corrected chi connectivity index (χ0v) is 10.9. The van der Waals surface area contributed by atoms with Crippen LogP contribution in [0.5, 0.6) is 0 Å². The van der Waals surface area contributed by atoms with Gasteiger partial charge in [-0.1, -0.05) is 45.2 Å². The first-order valence-corrected chi connectivity index (χ1v) is 6.25. The van der Waals surface area contributed by atoms with E-state index in [1.54, 1.807) is 0 Å². The summed E-state index contributed by atoms with van der Waals surface area (Å²) in [6.45, 7) is 6.22. The van der Waals surface area contributed by atoms with Gasteiger partial charge in [0.1, 0.15) is 0 Å². The van der Waals surface area contributed by atoms with Gasteiger partial charge < -0.3 is 0 Å². The Hall–Kier alpha value is -1.55. The summed E-state index contributed by atoms with van der Waals surface area (Å²) in [6.07, 6.45) is 2.79. The molecule has 0 aliphatic carbocycles. The van der Waals surface area contributed by atoms with Gasteiger partial charge in [0.05, 0.1) is 0 Å². The minimum absolute atomic E-state index is 0.0256. The summed E-state index contributed by atoms with van der Waals surface area (Å²) in [4.78, 5) is 11.4. The molecular formula is C16H20O. The molecule has 0 fully saturated rings. The predicted molar refractivity (Wildman–Crippen MR) is 71.8 cm³/mol. The smallest absolute Gasteiger partial charge is 0.206 e. The Morgan fingerprint density at radius 1 is 1.24 bits per heavy atom. The fourth-order valence-electron chi connectivity index (χ4n) is 1.61. The lowest BCUT2D eigenvalue weighted by atomic mass is 10.1. The summed E-state index contributed by atoms with van der Waals surface area (Å²) in [7, 11) is 0. The minimum Gasteiger partial charge on any atom is -0.285 e. The monoisotopic (exact) mass is 228 g/mol. The maximum absolute atomic E-state index is 11.4. The van der Waals surface area contributed by atoms with Crippen molar-refractivity contribution in [3.8, 4) is 11.8 Å². The highest BCUT2D eigenvalue weighted by molar-refractivity contribution is 5.96. The minimum atomic E-state index is 0.0256. The van der Waals surface area contributed by atoms with Gasteiger partial charge in [-0.05, 0) is 36.0 Å². The highest BCUT2D eigenvalue weighted by Gasteiger charge is 2.00. The van der Waals surface area contributed by atoms with Crippen LogP contribution in [0, 0.1) is 17.8 Å². The molecule has 1 rings (SSSR count). The van der Waals surface area contributed by atoms with Crippen LogP contribution in [-0.2, 0) is 11.2 Å². The van der Waals surface area contributed by atoms with Gasteiger partial charge in [-0.15, -0.1) is 0 Å². The normalized spacial score (nSPS) is 9.88. The van der Waals surface area contributed by atoms with E-state index in [1.807, 2.05) is 26.0 Å². The third kappa shape index (κ3) is 5.36. The lowest BCUT2D eigenvalue weighted by Gasteiger charge is -1.98. The van der Waals surface area contributed by atoms with E-state index in [4.69, 9.17) is 0 Å². The van der Waals surface area contributed by atoms with Crippen LogP contribution in [0.4, 0.5) is 0 Å². The van der Waals surface area contributed by atoms with Crippen molar-refractivity contribution in [3.63, 3.8) is 0 Å². The van der Waals surface area contributed by atoms with Crippen molar-refractivity contribution >= 4 is 5.78 Å². The number of hydrogen-bond acceptors (Lipinski definition) is 1. The second-order valence-electron chi connectivity index (χ2n) is 4.72. The number of carbonyl (C=O) groups is 1. The average Bonchev–Trinajstić information content (AvgIpc) is 2.28. The van der Waals surface area contributed by atoms with Crippen LogP contribution in [0.1, 0.15) is 44.7 Å². The standard InChI is InChI=1S/C16H20O/c1-4-5-14-6-8-15(9-7-14)10-11-16(17)12-13(2)3/h6-9,13H,4-5,12H2,1-3H3. The summed E-state index contributed by atoms with van der Waals surface area (Å²) in [5, 5.41) is 0. The summed E-state index contributed by atoms with van der Waals surface area (Å²) in [5.41, 5.74) is 2.24. The molecule has 1 heteroatoms. The maximum atomic E-state index is 11.4. The molecule has 0 unspecified atom stereocenters. The van der Waals surface area contributed by atoms with E-state index in [2.05, 4.69) is 30.9 Å². The zero-order chi connectivity index (χ0) is 12.7. The molecular weight excluding hydrogens is 208 g/mol. The molecule has 0 heterocycles. The van der Waals surface area contributed by atoms with Crippen LogP contribution in [0.2, 0.25) is 0 Å². The van der Waals surface area contributed by atoms with E-state index in [9.17, 15) is 4.79 Å². The highest BCUT2D eigenvalue weighted by atomic mass is 16.1. The molecule has 0 saturated heterocycles. The molecule has 0 atom stereocenters. The van der Waals surface area contributed by atoms with Gasteiger partial charge in [-0.3, -0.25) is 4.79 Å². The molecule has 0 aliphatic rings. The Morgan fingerprint density at radius 2 is 1.88 bits per heavy atom. The second-order valence-corrected chi connectivity index (χ2v) is 4.72. The molecule has 0 aromatic heterocycles. The van der Waals surface area contributed by atoms with Crippen LogP contribution < -0.4 is 0 Å². The van der Waals surface area contributed by atoms with E-state index in [0.717, 1.165) is 18.4 Å². The maximum Gasteiger partial charge on any atom is 0.206 e. The van der Waals surface area contributed by atoms with Gasteiger partial charge in [0.15, 0.2) is 0 Å². The van der Waals surface area contributed by atoms with Crippen molar-refractivity contribution < 1.29 is 4.79 Å². The van der Waals surface area contributed by atoms with Crippen LogP contribution >= 0.6 is 0 Å². The van der Waals surface area contributed by atoms with Gasteiger partial charge in [-0.2, -0.15) is 0 Å². The number of Topliss-reactive ketones (excluding diaryl/α,β-unsaturated/α-hetero) is 1. The van der Waals surface area contributed by atoms with Crippen molar-refractivity contribution in [2.45, 2.75) is 40.0 Å². The molecule has 1 aromatic rings. The van der Waals surface area contributed by atoms with Crippen molar-refractivity contribution in [2.75, 3.05) is 0 Å². The van der Waals surface area contributed by atoms with Crippen LogP contribution in [0.25, 0.3) is 0 Å². The molecule has 0 amide bonds. The molecule has 17 heavy (non-hydrogen) atoms. The van der Waals surface area contributed by atoms with Crippen molar-refractivity contribution in [1.82, 2.24) is 0 Å². The average molecular weight is 228 g/mol. The molecule has 1 aromatic carbocycles. The SMILES string of the molecule is CCCc1ccc(C#CC(=O)CC(C)C)cc1. The fourth-order valence-corrected chi connectivity index (χ4v) is 1.61. The Kier molecular flexibility index (Phi) is 5.49. The quantitative estimate of drug-likeness (QED) is 0.719. The fraction of sp³-hybridized carbons (Fsp3) is 0.438. The molecule has 90 valence electrons. The first-order valence-electron chi connectivity index (χ1n) is 6.25. The number of carbonyl (C=O) groups excluding carboxylic acids is 1. The molecule has 1 nitrogen and oxygen atoms in total. The zero-order valence-electron chi connectivity index (χ0n) is 10.9. The number of benzene rings is 1. The lowest BCUT2D eigenvalue weighted by molar-refractivity contribution is -0.114. The van der Waals surface area contributed by atoms with E-state index >= 15 is 0 Å². The number of ketones is 1. The number of rotatable bonds is 4. The predicted octanol–water partition coefficient (Wildman–Crippen LogP) is 3.61. The van der Waals surface area contributed by atoms with Crippen LogP contribution in [-0.4, -0.2) is 5.78 Å². The van der Waals surface area contributed by atoms with E-state index in [1.165, 1.54) is 5.56 Å². The van der Waals surface area contributed by atoms with Crippen molar-refractivity contribution in [3.05, 3.63) is 35.4 Å². The summed E-state index contributed by atoms with van der Waals surface area (Å²) in [6, 6.07) is 8.14. The summed E-state index contributed by atoms with van der Waals surface area (Å²) >= 11 is 0. The Labute approximate surface area is 104 Å². The Morgan fingerprint density at radius 3 is 2.41 bits per heavy atom. The summed E-state index contributed by atoms with van der Waals surface area (Å²) < 4.78 is 0.